The maximum absolute atomic E-state index is 11.0. The van der Waals surface area contributed by atoms with Crippen LogP contribution in [0.2, 0.25) is 0 Å². The van der Waals surface area contributed by atoms with Gasteiger partial charge in [-0.1, -0.05) is 13.8 Å². The van der Waals surface area contributed by atoms with E-state index in [1.54, 1.807) is 6.20 Å². The van der Waals surface area contributed by atoms with E-state index in [-0.39, 0.29) is 11.8 Å². The molecule has 1 aliphatic rings. The van der Waals surface area contributed by atoms with Gasteiger partial charge in [0.15, 0.2) is 0 Å². The lowest BCUT2D eigenvalue weighted by Crippen LogP contribution is -2.39. The number of carboxylic acid groups (broad SMARTS) is 1. The monoisotopic (exact) mass is 249 g/mol. The number of hydrogen-bond donors (Lipinski definition) is 1. The molecule has 1 fully saturated rings. The van der Waals surface area contributed by atoms with Crippen LogP contribution in [-0.2, 0) is 4.79 Å². The number of rotatable bonds is 3. The second-order valence-corrected chi connectivity index (χ2v) is 5.05. The van der Waals surface area contributed by atoms with Crippen molar-refractivity contribution in [2.24, 2.45) is 5.92 Å². The van der Waals surface area contributed by atoms with E-state index in [4.69, 9.17) is 5.11 Å². The van der Waals surface area contributed by atoms with E-state index < -0.39 is 5.97 Å². The molecule has 2 heterocycles. The van der Waals surface area contributed by atoms with Gasteiger partial charge in [0.05, 0.1) is 5.92 Å². The molecule has 0 amide bonds. The van der Waals surface area contributed by atoms with Crippen LogP contribution in [-0.4, -0.2) is 34.1 Å². The average Bonchev–Trinajstić information content (AvgIpc) is 2.39. The molecule has 1 unspecified atom stereocenters. The smallest absolute Gasteiger partial charge is 0.308 e. The molecule has 0 radical (unpaired) electrons. The van der Waals surface area contributed by atoms with Crippen LogP contribution in [0.15, 0.2) is 12.3 Å². The first-order valence-corrected chi connectivity index (χ1v) is 6.38. The Morgan fingerprint density at radius 2 is 2.33 bits per heavy atom. The molecule has 0 aromatic carbocycles. The highest BCUT2D eigenvalue weighted by Crippen LogP contribution is 2.22. The Hall–Kier alpha value is -1.65. The van der Waals surface area contributed by atoms with Gasteiger partial charge < -0.3 is 10.0 Å². The van der Waals surface area contributed by atoms with Gasteiger partial charge >= 0.3 is 5.97 Å². The summed E-state index contributed by atoms with van der Waals surface area (Å²) in [5.41, 5.74) is 0. The molecule has 1 atom stereocenters. The molecule has 1 saturated heterocycles. The van der Waals surface area contributed by atoms with Gasteiger partial charge in [0, 0.05) is 25.2 Å². The second-order valence-electron chi connectivity index (χ2n) is 5.05. The Morgan fingerprint density at radius 1 is 1.56 bits per heavy atom. The summed E-state index contributed by atoms with van der Waals surface area (Å²) in [4.78, 5) is 21.8. The summed E-state index contributed by atoms with van der Waals surface area (Å²) < 4.78 is 0. The molecule has 0 aliphatic carbocycles. The molecule has 0 saturated carbocycles. The van der Waals surface area contributed by atoms with Crippen molar-refractivity contribution in [1.82, 2.24) is 9.97 Å². The summed E-state index contributed by atoms with van der Waals surface area (Å²) in [5.74, 6) is 0.948. The van der Waals surface area contributed by atoms with Crippen LogP contribution >= 0.6 is 0 Å². The highest BCUT2D eigenvalue weighted by molar-refractivity contribution is 5.71. The molecule has 1 aromatic rings. The molecular weight excluding hydrogens is 230 g/mol. The van der Waals surface area contributed by atoms with Gasteiger partial charge in [-0.2, -0.15) is 0 Å². The van der Waals surface area contributed by atoms with Crippen LogP contribution in [0.3, 0.4) is 0 Å². The molecule has 1 N–H and O–H groups in total. The molecular formula is C13H19N3O2. The summed E-state index contributed by atoms with van der Waals surface area (Å²) in [7, 11) is 0. The van der Waals surface area contributed by atoms with E-state index in [9.17, 15) is 4.79 Å². The van der Waals surface area contributed by atoms with Crippen LogP contribution in [0, 0.1) is 5.92 Å². The largest absolute Gasteiger partial charge is 0.481 e. The van der Waals surface area contributed by atoms with Crippen molar-refractivity contribution in [2.45, 2.75) is 32.6 Å². The molecule has 1 aromatic heterocycles. The van der Waals surface area contributed by atoms with Crippen LogP contribution in [0.25, 0.3) is 0 Å². The lowest BCUT2D eigenvalue weighted by molar-refractivity contribution is -0.141. The van der Waals surface area contributed by atoms with Crippen molar-refractivity contribution >= 4 is 11.8 Å². The summed E-state index contributed by atoms with van der Waals surface area (Å²) in [6.07, 6.45) is 3.41. The number of nitrogens with zero attached hydrogens (tertiary/aromatic N) is 3. The van der Waals surface area contributed by atoms with Crippen LogP contribution in [0.1, 0.15) is 38.4 Å². The van der Waals surface area contributed by atoms with Gasteiger partial charge in [-0.15, -0.1) is 0 Å². The quantitative estimate of drug-likeness (QED) is 0.886. The van der Waals surface area contributed by atoms with E-state index in [1.807, 2.05) is 6.07 Å². The van der Waals surface area contributed by atoms with Crippen molar-refractivity contribution in [2.75, 3.05) is 18.0 Å². The number of piperidine rings is 1. The van der Waals surface area contributed by atoms with Crippen molar-refractivity contribution in [3.63, 3.8) is 0 Å². The van der Waals surface area contributed by atoms with Crippen molar-refractivity contribution < 1.29 is 9.90 Å². The lowest BCUT2D eigenvalue weighted by Gasteiger charge is -2.31. The maximum Gasteiger partial charge on any atom is 0.308 e. The zero-order valence-electron chi connectivity index (χ0n) is 10.8. The van der Waals surface area contributed by atoms with Crippen molar-refractivity contribution in [1.29, 1.82) is 0 Å². The van der Waals surface area contributed by atoms with E-state index >= 15 is 0 Å². The van der Waals surface area contributed by atoms with Crippen molar-refractivity contribution in [3.05, 3.63) is 18.1 Å². The zero-order valence-corrected chi connectivity index (χ0v) is 10.8. The van der Waals surface area contributed by atoms with E-state index in [0.717, 1.165) is 31.0 Å². The Balaban J connectivity index is 2.15. The third-order valence-corrected chi connectivity index (χ3v) is 3.27. The van der Waals surface area contributed by atoms with Gasteiger partial charge in [0.25, 0.3) is 0 Å². The maximum atomic E-state index is 11.0. The van der Waals surface area contributed by atoms with Gasteiger partial charge in [-0.25, -0.2) is 9.97 Å². The van der Waals surface area contributed by atoms with E-state index in [2.05, 4.69) is 28.7 Å². The summed E-state index contributed by atoms with van der Waals surface area (Å²) in [6.45, 7) is 5.52. The normalized spacial score (nSPS) is 20.2. The van der Waals surface area contributed by atoms with Gasteiger partial charge in [-0.3, -0.25) is 4.79 Å². The molecule has 0 bridgehead atoms. The number of aliphatic carboxylic acids is 1. The SMILES string of the molecule is CC(C)c1nccc(N2CCCC(C(=O)O)C2)n1. The Morgan fingerprint density at radius 3 is 3.00 bits per heavy atom. The standard InChI is InChI=1S/C13H19N3O2/c1-9(2)12-14-6-5-11(15-12)16-7-3-4-10(8-16)13(17)18/h5-6,9-10H,3-4,7-8H2,1-2H3,(H,17,18). The minimum Gasteiger partial charge on any atom is -0.481 e. The molecule has 2 rings (SSSR count). The highest BCUT2D eigenvalue weighted by Gasteiger charge is 2.26. The minimum atomic E-state index is -0.710. The Labute approximate surface area is 107 Å². The fourth-order valence-electron chi connectivity index (χ4n) is 2.20. The van der Waals surface area contributed by atoms with Crippen LogP contribution in [0.5, 0.6) is 0 Å². The fourth-order valence-corrected chi connectivity index (χ4v) is 2.20. The zero-order chi connectivity index (χ0) is 13.1. The predicted octanol–water partition coefficient (Wildman–Crippen LogP) is 1.90. The van der Waals surface area contributed by atoms with Gasteiger partial charge in [0.2, 0.25) is 0 Å². The Bertz CT molecular complexity index is 434. The predicted molar refractivity (Wildman–Crippen MR) is 68.7 cm³/mol. The first kappa shape index (κ1) is 12.8. The van der Waals surface area contributed by atoms with Crippen LogP contribution < -0.4 is 4.90 Å². The van der Waals surface area contributed by atoms with E-state index in [0.29, 0.717) is 6.54 Å². The van der Waals surface area contributed by atoms with Crippen LogP contribution in [0.4, 0.5) is 5.82 Å². The number of aromatic nitrogens is 2. The number of anilines is 1. The van der Waals surface area contributed by atoms with Gasteiger partial charge in [0.1, 0.15) is 11.6 Å². The van der Waals surface area contributed by atoms with Crippen molar-refractivity contribution in [3.8, 4) is 0 Å². The average molecular weight is 249 g/mol. The first-order chi connectivity index (χ1) is 8.58. The summed E-state index contributed by atoms with van der Waals surface area (Å²) >= 11 is 0. The molecule has 98 valence electrons. The molecule has 1 aliphatic heterocycles. The highest BCUT2D eigenvalue weighted by atomic mass is 16.4. The topological polar surface area (TPSA) is 66.3 Å². The minimum absolute atomic E-state index is 0.281. The number of hydrogen-bond acceptors (Lipinski definition) is 4. The van der Waals surface area contributed by atoms with Gasteiger partial charge in [-0.05, 0) is 18.9 Å². The molecule has 18 heavy (non-hydrogen) atoms. The molecule has 5 nitrogen and oxygen atoms in total. The third-order valence-electron chi connectivity index (χ3n) is 3.27. The molecule has 5 heteroatoms. The molecule has 0 spiro atoms. The fraction of sp³-hybridized carbons (Fsp3) is 0.615. The first-order valence-electron chi connectivity index (χ1n) is 6.38. The third kappa shape index (κ3) is 2.78. The lowest BCUT2D eigenvalue weighted by atomic mass is 9.98. The summed E-state index contributed by atoms with van der Waals surface area (Å²) in [6, 6.07) is 1.86. The number of carbonyl (C=O) groups is 1. The number of carboxylic acids is 1. The summed E-state index contributed by atoms with van der Waals surface area (Å²) in [5, 5.41) is 9.09. The Kier molecular flexibility index (Phi) is 3.79. The van der Waals surface area contributed by atoms with E-state index in [1.165, 1.54) is 0 Å². The second kappa shape index (κ2) is 5.33.